The van der Waals surface area contributed by atoms with Crippen LogP contribution in [0.5, 0.6) is 11.5 Å². The lowest BCUT2D eigenvalue weighted by Gasteiger charge is -2.43. The lowest BCUT2D eigenvalue weighted by atomic mass is 9.93. The first-order chi connectivity index (χ1) is 17.9. The summed E-state index contributed by atoms with van der Waals surface area (Å²) in [4.78, 5) is 44.7. The summed E-state index contributed by atoms with van der Waals surface area (Å²) in [6.45, 7) is 11.8. The maximum absolute atomic E-state index is 13.4. The zero-order valence-corrected chi connectivity index (χ0v) is 23.7. The molecule has 4 amide bonds. The summed E-state index contributed by atoms with van der Waals surface area (Å²) in [5.74, 6) is 0.562. The molecule has 11 heteroatoms. The number of urea groups is 2. The van der Waals surface area contributed by atoms with Gasteiger partial charge in [-0.25, -0.2) is 14.4 Å². The van der Waals surface area contributed by atoms with E-state index in [4.69, 9.17) is 14.2 Å². The average molecular weight is 532 g/mol. The molecule has 0 spiro atoms. The van der Waals surface area contributed by atoms with Gasteiger partial charge in [0.1, 0.15) is 11.5 Å². The molecule has 3 rings (SSSR count). The van der Waals surface area contributed by atoms with Crippen molar-refractivity contribution in [3.05, 3.63) is 35.0 Å². The SMILES string of the molecule is CCOC(=O)C1=C(CN2CCN(C(=O)NC(C)(C)C)[C@@H](C)C2)N(C)C(=O)N[C@@H]1c1cc(OC)ccc1OC. The molecule has 38 heavy (non-hydrogen) atoms. The number of carbonyl (C=O) groups is 3. The van der Waals surface area contributed by atoms with Crippen molar-refractivity contribution in [3.63, 3.8) is 0 Å². The fourth-order valence-corrected chi connectivity index (χ4v) is 4.78. The van der Waals surface area contributed by atoms with Gasteiger partial charge in [0.25, 0.3) is 0 Å². The van der Waals surface area contributed by atoms with Gasteiger partial charge in [-0.3, -0.25) is 9.80 Å². The van der Waals surface area contributed by atoms with Crippen LogP contribution in [-0.4, -0.2) is 98.4 Å². The van der Waals surface area contributed by atoms with Crippen molar-refractivity contribution in [2.24, 2.45) is 0 Å². The number of nitrogens with zero attached hydrogens (tertiary/aromatic N) is 3. The number of hydrogen-bond acceptors (Lipinski definition) is 7. The predicted molar refractivity (Wildman–Crippen MR) is 143 cm³/mol. The Kier molecular flexibility index (Phi) is 9.14. The topological polar surface area (TPSA) is 113 Å². The zero-order chi connectivity index (χ0) is 28.2. The number of carbonyl (C=O) groups excluding carboxylic acids is 3. The molecule has 0 aromatic heterocycles. The number of piperazine rings is 1. The molecule has 11 nitrogen and oxygen atoms in total. The number of esters is 1. The highest BCUT2D eigenvalue weighted by atomic mass is 16.5. The Morgan fingerprint density at radius 3 is 2.45 bits per heavy atom. The van der Waals surface area contributed by atoms with Crippen LogP contribution in [-0.2, 0) is 9.53 Å². The lowest BCUT2D eigenvalue weighted by molar-refractivity contribution is -0.139. The second kappa shape index (κ2) is 11.9. The van der Waals surface area contributed by atoms with Crippen LogP contribution in [0.1, 0.15) is 46.2 Å². The van der Waals surface area contributed by atoms with Crippen LogP contribution >= 0.6 is 0 Å². The van der Waals surface area contributed by atoms with Crippen LogP contribution in [0.4, 0.5) is 9.59 Å². The third kappa shape index (κ3) is 6.50. The van der Waals surface area contributed by atoms with Gasteiger partial charge in [0, 0.05) is 56.1 Å². The molecular weight excluding hydrogens is 490 g/mol. The maximum Gasteiger partial charge on any atom is 0.338 e. The molecule has 210 valence electrons. The van der Waals surface area contributed by atoms with Gasteiger partial charge in [0.05, 0.1) is 32.4 Å². The summed E-state index contributed by atoms with van der Waals surface area (Å²) in [5.41, 5.74) is 1.13. The van der Waals surface area contributed by atoms with Gasteiger partial charge in [-0.1, -0.05) is 0 Å². The first kappa shape index (κ1) is 29.1. The summed E-state index contributed by atoms with van der Waals surface area (Å²) in [6, 6.07) is 3.94. The fraction of sp³-hybridized carbons (Fsp3) is 0.593. The van der Waals surface area contributed by atoms with Crippen LogP contribution in [0.2, 0.25) is 0 Å². The van der Waals surface area contributed by atoms with E-state index in [0.29, 0.717) is 54.5 Å². The highest BCUT2D eigenvalue weighted by Gasteiger charge is 2.39. The summed E-state index contributed by atoms with van der Waals surface area (Å²) in [7, 11) is 4.72. The van der Waals surface area contributed by atoms with Gasteiger partial charge in [-0.2, -0.15) is 0 Å². The van der Waals surface area contributed by atoms with Crippen molar-refractivity contribution in [1.29, 1.82) is 0 Å². The Bertz CT molecular complexity index is 1080. The standard InChI is InChI=1S/C27H41N5O6/c1-9-38-24(33)22-20(16-31-12-13-32(17(2)15-31)26(35)29-27(3,4)5)30(6)25(34)28-23(22)19-14-18(36-7)10-11-21(19)37-8/h10-11,14,17,23H,9,12-13,15-16H2,1-8H3,(H,28,34)(H,29,35)/t17-,23+/m0/s1. The number of rotatable bonds is 7. The molecule has 0 saturated carbocycles. The third-order valence-corrected chi connectivity index (χ3v) is 6.65. The van der Waals surface area contributed by atoms with Gasteiger partial charge >= 0.3 is 18.0 Å². The van der Waals surface area contributed by atoms with Gasteiger partial charge < -0.3 is 29.7 Å². The van der Waals surface area contributed by atoms with Gasteiger partial charge in [0.2, 0.25) is 0 Å². The van der Waals surface area contributed by atoms with Crippen molar-refractivity contribution in [2.75, 3.05) is 54.1 Å². The summed E-state index contributed by atoms with van der Waals surface area (Å²) in [5, 5.41) is 5.95. The molecule has 1 aromatic rings. The van der Waals surface area contributed by atoms with Crippen LogP contribution in [0.3, 0.4) is 0 Å². The van der Waals surface area contributed by atoms with E-state index in [1.54, 1.807) is 39.3 Å². The van der Waals surface area contributed by atoms with Crippen molar-refractivity contribution in [2.45, 2.75) is 52.2 Å². The third-order valence-electron chi connectivity index (χ3n) is 6.65. The minimum absolute atomic E-state index is 0.0604. The molecular formula is C27H41N5O6. The van der Waals surface area contributed by atoms with Crippen molar-refractivity contribution >= 4 is 18.0 Å². The van der Waals surface area contributed by atoms with Gasteiger partial charge in [-0.05, 0) is 52.8 Å². The summed E-state index contributed by atoms with van der Waals surface area (Å²) < 4.78 is 16.4. The number of hydrogen-bond donors (Lipinski definition) is 2. The van der Waals surface area contributed by atoms with E-state index < -0.39 is 12.0 Å². The van der Waals surface area contributed by atoms with E-state index in [0.717, 1.165) is 0 Å². The van der Waals surface area contributed by atoms with Crippen molar-refractivity contribution in [3.8, 4) is 11.5 Å². The van der Waals surface area contributed by atoms with E-state index in [9.17, 15) is 14.4 Å². The molecule has 1 aromatic carbocycles. The number of nitrogens with one attached hydrogen (secondary N) is 2. The van der Waals surface area contributed by atoms with Gasteiger partial charge in [-0.15, -0.1) is 0 Å². The van der Waals surface area contributed by atoms with Crippen molar-refractivity contribution in [1.82, 2.24) is 25.3 Å². The van der Waals surface area contributed by atoms with E-state index in [1.165, 1.54) is 12.0 Å². The summed E-state index contributed by atoms with van der Waals surface area (Å²) in [6.07, 6.45) is 0. The van der Waals surface area contributed by atoms with Crippen LogP contribution in [0, 0.1) is 0 Å². The zero-order valence-electron chi connectivity index (χ0n) is 23.7. The van der Waals surface area contributed by atoms with Gasteiger partial charge in [0.15, 0.2) is 0 Å². The average Bonchev–Trinajstić information content (AvgIpc) is 2.85. The minimum Gasteiger partial charge on any atom is -0.497 e. The molecule has 2 aliphatic rings. The number of methoxy groups -OCH3 is 2. The lowest BCUT2D eigenvalue weighted by Crippen LogP contribution is -2.59. The van der Waals surface area contributed by atoms with E-state index in [1.807, 2.05) is 32.6 Å². The largest absolute Gasteiger partial charge is 0.497 e. The quantitative estimate of drug-likeness (QED) is 0.520. The fourth-order valence-electron chi connectivity index (χ4n) is 4.78. The first-order valence-corrected chi connectivity index (χ1v) is 12.9. The first-order valence-electron chi connectivity index (χ1n) is 12.9. The van der Waals surface area contributed by atoms with Crippen LogP contribution in [0.25, 0.3) is 0 Å². The molecule has 0 bridgehead atoms. The second-order valence-electron chi connectivity index (χ2n) is 10.6. The minimum atomic E-state index is -0.797. The monoisotopic (exact) mass is 531 g/mol. The molecule has 0 unspecified atom stereocenters. The number of likely N-dealkylation sites (N-methyl/N-ethyl adjacent to an activating group) is 1. The smallest absolute Gasteiger partial charge is 0.338 e. The molecule has 2 N–H and O–H groups in total. The maximum atomic E-state index is 13.4. The Morgan fingerprint density at radius 1 is 1.16 bits per heavy atom. The molecule has 1 fully saturated rings. The Morgan fingerprint density at radius 2 is 1.87 bits per heavy atom. The summed E-state index contributed by atoms with van der Waals surface area (Å²) >= 11 is 0. The number of amides is 4. The molecule has 2 atom stereocenters. The molecule has 0 radical (unpaired) electrons. The van der Waals surface area contributed by atoms with Crippen molar-refractivity contribution < 1.29 is 28.6 Å². The van der Waals surface area contributed by atoms with Crippen LogP contribution in [0.15, 0.2) is 29.5 Å². The Labute approximate surface area is 225 Å². The molecule has 1 saturated heterocycles. The van der Waals surface area contributed by atoms with Crippen LogP contribution < -0.4 is 20.1 Å². The number of ether oxygens (including phenoxy) is 3. The molecule has 0 aliphatic carbocycles. The van der Waals surface area contributed by atoms with E-state index in [2.05, 4.69) is 15.5 Å². The normalized spacial score (nSPS) is 20.7. The molecule has 2 heterocycles. The molecule has 2 aliphatic heterocycles. The highest BCUT2D eigenvalue weighted by molar-refractivity contribution is 5.95. The van der Waals surface area contributed by atoms with E-state index in [-0.39, 0.29) is 30.2 Å². The highest BCUT2D eigenvalue weighted by Crippen LogP contribution is 2.38. The predicted octanol–water partition coefficient (Wildman–Crippen LogP) is 2.73. The number of benzene rings is 1. The Hall–Kier alpha value is -3.47. The second-order valence-corrected chi connectivity index (χ2v) is 10.6. The Balaban J connectivity index is 1.97. The van der Waals surface area contributed by atoms with E-state index >= 15 is 0 Å².